The van der Waals surface area contributed by atoms with E-state index in [1.807, 2.05) is 0 Å². The summed E-state index contributed by atoms with van der Waals surface area (Å²) in [5, 5.41) is 10.4. The molecule has 228 valence electrons. The van der Waals surface area contributed by atoms with E-state index in [0.29, 0.717) is 30.5 Å². The molecular formula is C32H56N4O4. The van der Waals surface area contributed by atoms with Crippen LogP contribution in [0.2, 0.25) is 0 Å². The summed E-state index contributed by atoms with van der Waals surface area (Å²) in [5.41, 5.74) is 0. The maximum absolute atomic E-state index is 13.8. The minimum atomic E-state index is -0.132. The zero-order chi connectivity index (χ0) is 28.1. The van der Waals surface area contributed by atoms with Crippen LogP contribution in [-0.2, 0) is 19.1 Å². The van der Waals surface area contributed by atoms with Crippen molar-refractivity contribution in [2.75, 3.05) is 52.6 Å². The Morgan fingerprint density at radius 3 is 2.30 bits per heavy atom. The fourth-order valence-electron chi connectivity index (χ4n) is 8.59. The number of nitrogens with one attached hydrogen (secondary N) is 3. The van der Waals surface area contributed by atoms with Crippen molar-refractivity contribution in [3.8, 4) is 0 Å². The van der Waals surface area contributed by atoms with Crippen LogP contribution in [0.15, 0.2) is 0 Å². The Labute approximate surface area is 242 Å². The highest BCUT2D eigenvalue weighted by Gasteiger charge is 2.43. The molecule has 7 unspecified atom stereocenters. The predicted molar refractivity (Wildman–Crippen MR) is 157 cm³/mol. The van der Waals surface area contributed by atoms with Crippen LogP contribution < -0.4 is 16.0 Å². The van der Waals surface area contributed by atoms with Gasteiger partial charge in [-0.1, -0.05) is 13.8 Å². The zero-order valence-corrected chi connectivity index (χ0v) is 25.4. The third-order valence-corrected chi connectivity index (χ3v) is 11.2. The number of ether oxygens (including phenoxy) is 2. The number of nitrogens with zero attached hydrogens (tertiary/aromatic N) is 1. The van der Waals surface area contributed by atoms with Gasteiger partial charge in [0.25, 0.3) is 0 Å². The molecule has 0 bridgehead atoms. The molecule has 40 heavy (non-hydrogen) atoms. The maximum Gasteiger partial charge on any atom is 0.225 e. The van der Waals surface area contributed by atoms with Gasteiger partial charge in [-0.25, -0.2) is 0 Å². The smallest absolute Gasteiger partial charge is 0.225 e. The molecule has 5 aliphatic rings. The molecule has 0 aromatic heterocycles. The molecule has 5 fully saturated rings. The van der Waals surface area contributed by atoms with Gasteiger partial charge in [0.1, 0.15) is 0 Å². The van der Waals surface area contributed by atoms with Crippen molar-refractivity contribution in [1.29, 1.82) is 0 Å². The lowest BCUT2D eigenvalue weighted by atomic mass is 9.64. The lowest BCUT2D eigenvalue weighted by Crippen LogP contribution is -2.55. The maximum atomic E-state index is 13.8. The topological polar surface area (TPSA) is 91.9 Å². The van der Waals surface area contributed by atoms with Crippen molar-refractivity contribution < 1.29 is 19.1 Å². The van der Waals surface area contributed by atoms with Gasteiger partial charge in [0.05, 0.1) is 19.1 Å². The molecule has 3 saturated heterocycles. The molecule has 8 heteroatoms. The SMILES string of the molecule is CC1CC(C)C(CNC(=O)C2CC(C3CCC(CN4CCOCC4)CC3)CC(NC3CCOCC3)C2C)C(=O)N1. The molecule has 5 rings (SSSR count). The summed E-state index contributed by atoms with van der Waals surface area (Å²) in [6.45, 7) is 13.8. The standard InChI is InChI=1S/C32H56N4O4/c1-21-16-22(2)34-32(38)29(21)19-33-31(37)28-17-26(18-30(23(28)3)35-27-8-12-39-13-9-27)25-6-4-24(5-7-25)20-36-10-14-40-15-11-36/h21-30,35H,4-20H2,1-3H3,(H,33,37)(H,34,38). The number of carbonyl (C=O) groups is 2. The summed E-state index contributed by atoms with van der Waals surface area (Å²) in [7, 11) is 0. The van der Waals surface area contributed by atoms with Gasteiger partial charge in [-0.15, -0.1) is 0 Å². The molecule has 0 spiro atoms. The molecule has 3 N–H and O–H groups in total. The van der Waals surface area contributed by atoms with E-state index in [2.05, 4.69) is 41.6 Å². The van der Waals surface area contributed by atoms with E-state index in [1.54, 1.807) is 0 Å². The lowest BCUT2D eigenvalue weighted by molar-refractivity contribution is -0.132. The highest BCUT2D eigenvalue weighted by Crippen LogP contribution is 2.44. The zero-order valence-electron chi connectivity index (χ0n) is 25.4. The van der Waals surface area contributed by atoms with Gasteiger partial charge in [0.15, 0.2) is 0 Å². The Kier molecular flexibility index (Phi) is 10.8. The second-order valence-corrected chi connectivity index (χ2v) is 14.0. The van der Waals surface area contributed by atoms with Crippen LogP contribution in [0.1, 0.15) is 78.6 Å². The Morgan fingerprint density at radius 2 is 1.60 bits per heavy atom. The van der Waals surface area contributed by atoms with Crippen LogP contribution >= 0.6 is 0 Å². The minimum Gasteiger partial charge on any atom is -0.381 e. The largest absolute Gasteiger partial charge is 0.381 e. The Balaban J connectivity index is 1.19. The average molecular weight is 561 g/mol. The van der Waals surface area contributed by atoms with E-state index in [0.717, 1.165) is 71.1 Å². The van der Waals surface area contributed by atoms with Gasteiger partial charge in [-0.2, -0.15) is 0 Å². The van der Waals surface area contributed by atoms with Crippen molar-refractivity contribution in [1.82, 2.24) is 20.9 Å². The Bertz CT molecular complexity index is 822. The third kappa shape index (κ3) is 7.78. The van der Waals surface area contributed by atoms with E-state index in [9.17, 15) is 9.59 Å². The molecule has 2 amide bonds. The normalized spacial score (nSPS) is 40.4. The third-order valence-electron chi connectivity index (χ3n) is 11.2. The number of carbonyl (C=O) groups excluding carboxylic acids is 2. The summed E-state index contributed by atoms with van der Waals surface area (Å²) < 4.78 is 11.2. The molecule has 0 radical (unpaired) electrons. The molecular weight excluding hydrogens is 504 g/mol. The first-order valence-electron chi connectivity index (χ1n) is 16.6. The van der Waals surface area contributed by atoms with Crippen LogP contribution in [-0.4, -0.2) is 87.4 Å². The molecule has 2 aliphatic carbocycles. The van der Waals surface area contributed by atoms with Crippen LogP contribution in [0, 0.1) is 41.4 Å². The summed E-state index contributed by atoms with van der Waals surface area (Å²) in [5.74, 6) is 2.81. The van der Waals surface area contributed by atoms with Crippen LogP contribution in [0.4, 0.5) is 0 Å². The first-order valence-corrected chi connectivity index (χ1v) is 16.6. The second kappa shape index (κ2) is 14.3. The van der Waals surface area contributed by atoms with Gasteiger partial charge >= 0.3 is 0 Å². The number of hydrogen-bond donors (Lipinski definition) is 3. The van der Waals surface area contributed by atoms with Crippen molar-refractivity contribution in [2.24, 2.45) is 41.4 Å². The fourth-order valence-corrected chi connectivity index (χ4v) is 8.59. The summed E-state index contributed by atoms with van der Waals surface area (Å²) in [6.07, 6.45) is 10.5. The molecule has 0 aromatic rings. The van der Waals surface area contributed by atoms with Crippen molar-refractivity contribution >= 4 is 11.8 Å². The molecule has 3 heterocycles. The van der Waals surface area contributed by atoms with E-state index < -0.39 is 0 Å². The van der Waals surface area contributed by atoms with Crippen molar-refractivity contribution in [2.45, 2.75) is 96.7 Å². The molecule has 2 saturated carbocycles. The van der Waals surface area contributed by atoms with Gasteiger partial charge in [0.2, 0.25) is 11.8 Å². The van der Waals surface area contributed by atoms with Gasteiger partial charge in [-0.05, 0) is 94.3 Å². The Morgan fingerprint density at radius 1 is 0.900 bits per heavy atom. The second-order valence-electron chi connectivity index (χ2n) is 14.0. The average Bonchev–Trinajstić information content (AvgIpc) is 2.95. The number of rotatable bonds is 8. The van der Waals surface area contributed by atoms with E-state index >= 15 is 0 Å². The van der Waals surface area contributed by atoms with Crippen molar-refractivity contribution in [3.05, 3.63) is 0 Å². The van der Waals surface area contributed by atoms with Crippen LogP contribution in [0.25, 0.3) is 0 Å². The van der Waals surface area contributed by atoms with Crippen LogP contribution in [0.5, 0.6) is 0 Å². The predicted octanol–water partition coefficient (Wildman–Crippen LogP) is 3.20. The van der Waals surface area contributed by atoms with E-state index in [-0.39, 0.29) is 41.5 Å². The van der Waals surface area contributed by atoms with E-state index in [1.165, 1.54) is 38.6 Å². The molecule has 3 aliphatic heterocycles. The van der Waals surface area contributed by atoms with Crippen molar-refractivity contribution in [3.63, 3.8) is 0 Å². The quantitative estimate of drug-likeness (QED) is 0.422. The van der Waals surface area contributed by atoms with E-state index in [4.69, 9.17) is 9.47 Å². The highest BCUT2D eigenvalue weighted by molar-refractivity contribution is 5.83. The van der Waals surface area contributed by atoms with Gasteiger partial charge < -0.3 is 25.4 Å². The molecule has 0 aromatic carbocycles. The lowest BCUT2D eigenvalue weighted by Gasteiger charge is -2.46. The fraction of sp³-hybridized carbons (Fsp3) is 0.938. The minimum absolute atomic E-state index is 0.00282. The monoisotopic (exact) mass is 560 g/mol. The summed E-state index contributed by atoms with van der Waals surface area (Å²) in [4.78, 5) is 29.0. The Hall–Kier alpha value is -1.22. The molecule has 7 atom stereocenters. The number of morpholine rings is 1. The summed E-state index contributed by atoms with van der Waals surface area (Å²) in [6, 6.07) is 1.07. The van der Waals surface area contributed by atoms with Gasteiger partial charge in [-0.3, -0.25) is 14.5 Å². The number of amides is 2. The number of piperidine rings is 1. The molecule has 8 nitrogen and oxygen atoms in total. The van der Waals surface area contributed by atoms with Gasteiger partial charge in [0, 0.05) is 63.4 Å². The first-order chi connectivity index (χ1) is 19.4. The highest BCUT2D eigenvalue weighted by atomic mass is 16.5. The van der Waals surface area contributed by atoms with Crippen LogP contribution in [0.3, 0.4) is 0 Å². The first kappa shape index (κ1) is 30.2. The number of hydrogen-bond acceptors (Lipinski definition) is 6. The summed E-state index contributed by atoms with van der Waals surface area (Å²) >= 11 is 0.